The molecule has 1 aliphatic rings. The molecule has 20 heavy (non-hydrogen) atoms. The van der Waals surface area contributed by atoms with E-state index >= 15 is 0 Å². The lowest BCUT2D eigenvalue weighted by Gasteiger charge is -2.25. The van der Waals surface area contributed by atoms with Crippen LogP contribution in [0.4, 0.5) is 5.69 Å². The Kier molecular flexibility index (Phi) is 5.01. The predicted octanol–water partition coefficient (Wildman–Crippen LogP) is 1.82. The van der Waals surface area contributed by atoms with E-state index in [1.54, 1.807) is 0 Å². The average Bonchev–Trinajstić information content (AvgIpc) is 2.86. The molecule has 1 amide bonds. The highest BCUT2D eigenvalue weighted by molar-refractivity contribution is 5.87. The maximum Gasteiger partial charge on any atom is 0.245 e. The van der Waals surface area contributed by atoms with Gasteiger partial charge in [-0.25, -0.2) is 0 Å². The number of hydrogen-bond donors (Lipinski definition) is 1. The molecular weight excluding hydrogens is 250 g/mol. The van der Waals surface area contributed by atoms with Gasteiger partial charge in [-0.3, -0.25) is 4.79 Å². The normalized spacial score (nSPS) is 16.9. The predicted molar refractivity (Wildman–Crippen MR) is 83.0 cm³/mol. The quantitative estimate of drug-likeness (QED) is 0.860. The van der Waals surface area contributed by atoms with Gasteiger partial charge in [-0.05, 0) is 45.6 Å². The number of benzene rings is 1. The first-order chi connectivity index (χ1) is 9.61. The number of amides is 1. The molecule has 0 radical (unpaired) electrons. The maximum absolute atomic E-state index is 12.6. The van der Waals surface area contributed by atoms with Crippen molar-refractivity contribution in [2.24, 2.45) is 0 Å². The van der Waals surface area contributed by atoms with Crippen LogP contribution in [0.15, 0.2) is 24.3 Å². The van der Waals surface area contributed by atoms with Crippen molar-refractivity contribution in [3.8, 4) is 0 Å². The molecular formula is C16H25N3O. The Morgan fingerprint density at radius 2 is 2.05 bits per heavy atom. The summed E-state index contributed by atoms with van der Waals surface area (Å²) in [7, 11) is 4.13. The fraction of sp³-hybridized carbons (Fsp3) is 0.562. The van der Waals surface area contributed by atoms with Gasteiger partial charge in [-0.15, -0.1) is 0 Å². The highest BCUT2D eigenvalue weighted by atomic mass is 16.2. The molecule has 1 atom stereocenters. The van der Waals surface area contributed by atoms with Gasteiger partial charge in [0.15, 0.2) is 0 Å². The minimum Gasteiger partial charge on any atom is -0.373 e. The topological polar surface area (TPSA) is 35.6 Å². The SMILES string of the molecule is CCN(CCCN(C)C)C(=O)C1Cc2ccccc2N1. The van der Waals surface area contributed by atoms with E-state index in [0.29, 0.717) is 0 Å². The molecule has 2 rings (SSSR count). The van der Waals surface area contributed by atoms with Crippen LogP contribution in [-0.4, -0.2) is 55.5 Å². The molecule has 1 aromatic rings. The molecule has 1 unspecified atom stereocenters. The van der Waals surface area contributed by atoms with Crippen molar-refractivity contribution in [3.63, 3.8) is 0 Å². The summed E-state index contributed by atoms with van der Waals surface area (Å²) in [6.07, 6.45) is 1.82. The van der Waals surface area contributed by atoms with E-state index in [1.807, 2.05) is 23.1 Å². The summed E-state index contributed by atoms with van der Waals surface area (Å²) in [6, 6.07) is 8.09. The van der Waals surface area contributed by atoms with Gasteiger partial charge in [-0.1, -0.05) is 18.2 Å². The third-order valence-corrected chi connectivity index (χ3v) is 3.80. The van der Waals surface area contributed by atoms with Gasteiger partial charge in [-0.2, -0.15) is 0 Å². The van der Waals surface area contributed by atoms with Crippen LogP contribution in [0.3, 0.4) is 0 Å². The zero-order chi connectivity index (χ0) is 14.5. The van der Waals surface area contributed by atoms with Crippen LogP contribution in [0.25, 0.3) is 0 Å². The van der Waals surface area contributed by atoms with Crippen LogP contribution in [0, 0.1) is 0 Å². The molecule has 0 saturated carbocycles. The lowest BCUT2D eigenvalue weighted by atomic mass is 10.1. The molecule has 0 bridgehead atoms. The summed E-state index contributed by atoms with van der Waals surface area (Å²) in [5.74, 6) is 0.224. The molecule has 4 nitrogen and oxygen atoms in total. The summed E-state index contributed by atoms with van der Waals surface area (Å²) in [4.78, 5) is 16.7. The molecule has 1 N–H and O–H groups in total. The van der Waals surface area contributed by atoms with E-state index in [-0.39, 0.29) is 11.9 Å². The number of rotatable bonds is 6. The Hall–Kier alpha value is -1.55. The number of nitrogens with zero attached hydrogens (tertiary/aromatic N) is 2. The van der Waals surface area contributed by atoms with Crippen LogP contribution in [-0.2, 0) is 11.2 Å². The summed E-state index contributed by atoms with van der Waals surface area (Å²) in [6.45, 7) is 4.68. The number of fused-ring (bicyclic) bond motifs is 1. The lowest BCUT2D eigenvalue weighted by molar-refractivity contribution is -0.131. The van der Waals surface area contributed by atoms with E-state index in [1.165, 1.54) is 5.56 Å². The second-order valence-electron chi connectivity index (χ2n) is 5.63. The third kappa shape index (κ3) is 3.51. The standard InChI is InChI=1S/C16H25N3O/c1-4-19(11-7-10-18(2)3)16(20)15-12-13-8-5-6-9-14(13)17-15/h5-6,8-9,15,17H,4,7,10-12H2,1-3H3. The van der Waals surface area contributed by atoms with E-state index < -0.39 is 0 Å². The van der Waals surface area contributed by atoms with Gasteiger partial charge >= 0.3 is 0 Å². The summed E-state index contributed by atoms with van der Waals surface area (Å²) >= 11 is 0. The summed E-state index contributed by atoms with van der Waals surface area (Å²) < 4.78 is 0. The van der Waals surface area contributed by atoms with Gasteiger partial charge in [0.25, 0.3) is 0 Å². The first kappa shape index (κ1) is 14.9. The van der Waals surface area contributed by atoms with Crippen LogP contribution in [0.5, 0.6) is 0 Å². The van der Waals surface area contributed by atoms with Gasteiger partial charge < -0.3 is 15.1 Å². The van der Waals surface area contributed by atoms with Crippen molar-refractivity contribution in [2.45, 2.75) is 25.8 Å². The number of hydrogen-bond acceptors (Lipinski definition) is 3. The number of likely N-dealkylation sites (N-methyl/N-ethyl adjacent to an activating group) is 1. The molecule has 0 fully saturated rings. The molecule has 0 aliphatic carbocycles. The minimum atomic E-state index is -0.0910. The Bertz CT molecular complexity index is 434. The number of anilines is 1. The Balaban J connectivity index is 1.90. The average molecular weight is 275 g/mol. The van der Waals surface area contributed by atoms with E-state index in [9.17, 15) is 4.79 Å². The van der Waals surface area contributed by atoms with Gasteiger partial charge in [0.1, 0.15) is 6.04 Å². The van der Waals surface area contributed by atoms with Crippen molar-refractivity contribution in [1.82, 2.24) is 9.80 Å². The van der Waals surface area contributed by atoms with Crippen LogP contribution in [0.2, 0.25) is 0 Å². The van der Waals surface area contributed by atoms with Crippen molar-refractivity contribution in [1.29, 1.82) is 0 Å². The smallest absolute Gasteiger partial charge is 0.245 e. The molecule has 0 spiro atoms. The second kappa shape index (κ2) is 6.75. The van der Waals surface area contributed by atoms with Crippen molar-refractivity contribution in [2.75, 3.05) is 39.0 Å². The zero-order valence-corrected chi connectivity index (χ0v) is 12.7. The maximum atomic E-state index is 12.6. The fourth-order valence-corrected chi connectivity index (χ4v) is 2.67. The first-order valence-electron chi connectivity index (χ1n) is 7.39. The monoisotopic (exact) mass is 275 g/mol. The van der Waals surface area contributed by atoms with Gasteiger partial charge in [0.05, 0.1) is 0 Å². The molecule has 0 saturated heterocycles. The Morgan fingerprint density at radius 3 is 2.70 bits per heavy atom. The summed E-state index contributed by atoms with van der Waals surface area (Å²) in [5.41, 5.74) is 2.35. The second-order valence-corrected chi connectivity index (χ2v) is 5.63. The molecule has 4 heteroatoms. The first-order valence-corrected chi connectivity index (χ1v) is 7.39. The van der Waals surface area contributed by atoms with Gasteiger partial charge in [0.2, 0.25) is 5.91 Å². The third-order valence-electron chi connectivity index (χ3n) is 3.80. The molecule has 1 heterocycles. The molecule has 1 aromatic carbocycles. The van der Waals surface area contributed by atoms with Gasteiger partial charge in [0, 0.05) is 25.2 Å². The number of nitrogens with one attached hydrogen (secondary N) is 1. The number of carbonyl (C=O) groups excluding carboxylic acids is 1. The van der Waals surface area contributed by atoms with Crippen LogP contribution < -0.4 is 5.32 Å². The largest absolute Gasteiger partial charge is 0.373 e. The van der Waals surface area contributed by atoms with E-state index in [4.69, 9.17) is 0 Å². The van der Waals surface area contributed by atoms with Crippen LogP contribution in [0.1, 0.15) is 18.9 Å². The molecule has 1 aliphatic heterocycles. The van der Waals surface area contributed by atoms with E-state index in [2.05, 4.69) is 37.3 Å². The highest BCUT2D eigenvalue weighted by Crippen LogP contribution is 2.26. The number of carbonyl (C=O) groups is 1. The Labute approximate surface area is 121 Å². The number of para-hydroxylation sites is 1. The van der Waals surface area contributed by atoms with Crippen molar-refractivity contribution >= 4 is 11.6 Å². The zero-order valence-electron chi connectivity index (χ0n) is 12.7. The molecule has 110 valence electrons. The van der Waals surface area contributed by atoms with Crippen molar-refractivity contribution in [3.05, 3.63) is 29.8 Å². The summed E-state index contributed by atoms with van der Waals surface area (Å²) in [5, 5.41) is 3.35. The Morgan fingerprint density at radius 1 is 1.30 bits per heavy atom. The molecule has 0 aromatic heterocycles. The van der Waals surface area contributed by atoms with Crippen molar-refractivity contribution < 1.29 is 4.79 Å². The highest BCUT2D eigenvalue weighted by Gasteiger charge is 2.29. The fourth-order valence-electron chi connectivity index (χ4n) is 2.67. The minimum absolute atomic E-state index is 0.0910. The lowest BCUT2D eigenvalue weighted by Crippen LogP contribution is -2.43. The van der Waals surface area contributed by atoms with E-state index in [0.717, 1.165) is 38.2 Å². The van der Waals surface area contributed by atoms with Crippen LogP contribution >= 0.6 is 0 Å².